The summed E-state index contributed by atoms with van der Waals surface area (Å²) in [5.74, 6) is 1.49. The molecule has 0 saturated heterocycles. The van der Waals surface area contributed by atoms with Crippen molar-refractivity contribution in [2.45, 2.75) is 13.3 Å². The predicted molar refractivity (Wildman–Crippen MR) is 107 cm³/mol. The normalized spacial score (nSPS) is 11.8. The number of halogens is 1. The van der Waals surface area contributed by atoms with Gasteiger partial charge in [-0.3, -0.25) is 5.10 Å². The maximum absolute atomic E-state index is 5.99. The first kappa shape index (κ1) is 16.4. The molecule has 4 rings (SSSR count). The van der Waals surface area contributed by atoms with Crippen molar-refractivity contribution in [2.24, 2.45) is 0 Å². The van der Waals surface area contributed by atoms with E-state index >= 15 is 0 Å². The number of hydrogen-bond acceptors (Lipinski definition) is 3. The number of aromatic amines is 2. The Morgan fingerprint density at radius 2 is 1.96 bits per heavy atom. The van der Waals surface area contributed by atoms with E-state index < -0.39 is 0 Å². The molecule has 2 aromatic carbocycles. The number of allylic oxidation sites excluding steroid dienone is 1. The average molecular weight is 364 g/mol. The summed E-state index contributed by atoms with van der Waals surface area (Å²) >= 11 is 5.99. The minimum Gasteiger partial charge on any atom is -0.339 e. The van der Waals surface area contributed by atoms with Crippen LogP contribution in [-0.2, 0) is 0 Å². The van der Waals surface area contributed by atoms with Crippen LogP contribution in [0.1, 0.15) is 18.9 Å². The Kier molecular flexibility index (Phi) is 4.46. The predicted octanol–water partition coefficient (Wildman–Crippen LogP) is 5.47. The molecule has 26 heavy (non-hydrogen) atoms. The second-order valence-corrected chi connectivity index (χ2v) is 6.36. The molecular formula is C20H18ClN5. The minimum absolute atomic E-state index is 0.719. The molecule has 2 heterocycles. The van der Waals surface area contributed by atoms with Gasteiger partial charge in [-0.1, -0.05) is 48.9 Å². The van der Waals surface area contributed by atoms with Crippen LogP contribution in [-0.4, -0.2) is 20.2 Å². The van der Waals surface area contributed by atoms with Gasteiger partial charge in [0.2, 0.25) is 0 Å². The highest BCUT2D eigenvalue weighted by molar-refractivity contribution is 6.30. The highest BCUT2D eigenvalue weighted by atomic mass is 35.5. The summed E-state index contributed by atoms with van der Waals surface area (Å²) in [6.45, 7) is 2.10. The zero-order valence-electron chi connectivity index (χ0n) is 14.3. The minimum atomic E-state index is 0.719. The van der Waals surface area contributed by atoms with E-state index in [1.165, 1.54) is 0 Å². The topological polar surface area (TPSA) is 69.4 Å². The fraction of sp³-hybridized carbons (Fsp3) is 0.100. The van der Waals surface area contributed by atoms with Crippen LogP contribution in [0.25, 0.3) is 28.2 Å². The number of imidazole rings is 1. The summed E-state index contributed by atoms with van der Waals surface area (Å²) in [5, 5.41) is 11.5. The highest BCUT2D eigenvalue weighted by Gasteiger charge is 2.10. The van der Waals surface area contributed by atoms with Gasteiger partial charge in [-0.05, 0) is 36.2 Å². The van der Waals surface area contributed by atoms with E-state index in [1.54, 1.807) is 0 Å². The molecule has 0 aliphatic carbocycles. The molecule has 0 fully saturated rings. The van der Waals surface area contributed by atoms with E-state index in [-0.39, 0.29) is 0 Å². The molecular weight excluding hydrogens is 346 g/mol. The Morgan fingerprint density at radius 1 is 1.15 bits per heavy atom. The number of benzene rings is 2. The van der Waals surface area contributed by atoms with Crippen molar-refractivity contribution in [3.63, 3.8) is 0 Å². The molecule has 130 valence electrons. The molecule has 2 aromatic heterocycles. The maximum atomic E-state index is 5.99. The first-order valence-corrected chi connectivity index (χ1v) is 8.84. The number of para-hydroxylation sites is 2. The number of nitrogens with one attached hydrogen (secondary N) is 3. The van der Waals surface area contributed by atoms with Crippen LogP contribution in [0.15, 0.2) is 60.7 Å². The molecule has 0 bridgehead atoms. The molecule has 0 spiro atoms. The van der Waals surface area contributed by atoms with Gasteiger partial charge in [0.15, 0.2) is 11.6 Å². The number of rotatable bonds is 5. The monoisotopic (exact) mass is 363 g/mol. The van der Waals surface area contributed by atoms with Crippen molar-refractivity contribution in [1.29, 1.82) is 0 Å². The van der Waals surface area contributed by atoms with Crippen LogP contribution in [0, 0.1) is 0 Å². The van der Waals surface area contributed by atoms with Crippen LogP contribution in [0.2, 0.25) is 5.02 Å². The first-order chi connectivity index (χ1) is 12.7. The second-order valence-electron chi connectivity index (χ2n) is 5.93. The van der Waals surface area contributed by atoms with E-state index in [9.17, 15) is 0 Å². The summed E-state index contributed by atoms with van der Waals surface area (Å²) < 4.78 is 0. The zero-order valence-corrected chi connectivity index (χ0v) is 15.0. The first-order valence-electron chi connectivity index (χ1n) is 8.46. The van der Waals surface area contributed by atoms with Gasteiger partial charge < -0.3 is 10.3 Å². The van der Waals surface area contributed by atoms with Gasteiger partial charge in [-0.2, -0.15) is 5.10 Å². The Balaban J connectivity index is 1.60. The summed E-state index contributed by atoms with van der Waals surface area (Å²) in [6, 6.07) is 17.6. The molecule has 0 aliphatic rings. The maximum Gasteiger partial charge on any atom is 0.156 e. The van der Waals surface area contributed by atoms with Crippen molar-refractivity contribution in [3.8, 4) is 11.5 Å². The Labute approximate surface area is 156 Å². The number of fused-ring (bicyclic) bond motifs is 1. The standard InChI is InChI=1S/C20H18ClN5/c1-2-5-15(13-8-10-14(21)11-9-13)22-19-12-18(25-26-19)20-23-16-6-3-4-7-17(16)24-20/h3-12H,2H2,1H3,(H,23,24)(H2,22,25,26)/b15-5+. The number of hydrogen-bond donors (Lipinski definition) is 3. The summed E-state index contributed by atoms with van der Waals surface area (Å²) in [5.41, 5.74) is 4.81. The highest BCUT2D eigenvalue weighted by Crippen LogP contribution is 2.24. The van der Waals surface area contributed by atoms with Crippen LogP contribution in [0.5, 0.6) is 0 Å². The molecule has 0 aliphatic heterocycles. The third-order valence-corrected chi connectivity index (χ3v) is 4.30. The Bertz CT molecular complexity index is 1030. The molecule has 5 nitrogen and oxygen atoms in total. The second kappa shape index (κ2) is 7.06. The lowest BCUT2D eigenvalue weighted by molar-refractivity contribution is 1.08. The van der Waals surface area contributed by atoms with Crippen molar-refractivity contribution in [1.82, 2.24) is 20.2 Å². The van der Waals surface area contributed by atoms with Crippen molar-refractivity contribution in [2.75, 3.05) is 5.32 Å². The van der Waals surface area contributed by atoms with Gasteiger partial charge in [-0.15, -0.1) is 0 Å². The van der Waals surface area contributed by atoms with Gasteiger partial charge in [0.05, 0.1) is 11.0 Å². The molecule has 0 atom stereocenters. The number of H-pyrrole nitrogens is 2. The fourth-order valence-corrected chi connectivity index (χ4v) is 2.93. The Hall–Kier alpha value is -3.05. The van der Waals surface area contributed by atoms with E-state index in [1.807, 2.05) is 54.6 Å². The third-order valence-electron chi connectivity index (χ3n) is 4.05. The van der Waals surface area contributed by atoms with Crippen LogP contribution < -0.4 is 5.32 Å². The van der Waals surface area contributed by atoms with Crippen molar-refractivity contribution in [3.05, 3.63) is 71.3 Å². The van der Waals surface area contributed by atoms with Crippen LogP contribution in [0.4, 0.5) is 5.82 Å². The summed E-state index contributed by atoms with van der Waals surface area (Å²) in [4.78, 5) is 7.90. The van der Waals surface area contributed by atoms with Gasteiger partial charge in [0, 0.05) is 16.8 Å². The van der Waals surface area contributed by atoms with Gasteiger partial charge in [0.25, 0.3) is 0 Å². The van der Waals surface area contributed by atoms with E-state index in [2.05, 4.69) is 38.5 Å². The van der Waals surface area contributed by atoms with Gasteiger partial charge in [-0.25, -0.2) is 4.98 Å². The van der Waals surface area contributed by atoms with Crippen molar-refractivity contribution >= 4 is 34.1 Å². The van der Waals surface area contributed by atoms with Crippen molar-refractivity contribution < 1.29 is 0 Å². The summed E-state index contributed by atoms with van der Waals surface area (Å²) in [7, 11) is 0. The zero-order chi connectivity index (χ0) is 17.9. The molecule has 4 aromatic rings. The molecule has 0 radical (unpaired) electrons. The molecule has 6 heteroatoms. The van der Waals surface area contributed by atoms with Crippen LogP contribution >= 0.6 is 11.6 Å². The lowest BCUT2D eigenvalue weighted by Gasteiger charge is -2.09. The number of aromatic nitrogens is 4. The van der Waals surface area contributed by atoms with E-state index in [4.69, 9.17) is 11.6 Å². The lowest BCUT2D eigenvalue weighted by atomic mass is 10.1. The quantitative estimate of drug-likeness (QED) is 0.440. The fourth-order valence-electron chi connectivity index (χ4n) is 2.80. The molecule has 0 saturated carbocycles. The van der Waals surface area contributed by atoms with E-state index in [0.29, 0.717) is 0 Å². The van der Waals surface area contributed by atoms with Crippen LogP contribution in [0.3, 0.4) is 0 Å². The smallest absolute Gasteiger partial charge is 0.156 e. The average Bonchev–Trinajstić information content (AvgIpc) is 3.28. The van der Waals surface area contributed by atoms with Gasteiger partial charge in [0.1, 0.15) is 5.69 Å². The number of nitrogens with zero attached hydrogens (tertiary/aromatic N) is 2. The molecule has 0 amide bonds. The SMILES string of the molecule is CC/C=C(/Nc1cc(-c2nc3ccccc3[nH]2)[nH]n1)c1ccc(Cl)cc1. The largest absolute Gasteiger partial charge is 0.339 e. The van der Waals surface area contributed by atoms with E-state index in [0.717, 1.165) is 51.1 Å². The third kappa shape index (κ3) is 3.34. The lowest BCUT2D eigenvalue weighted by Crippen LogP contribution is -1.99. The Morgan fingerprint density at radius 3 is 2.73 bits per heavy atom. The number of anilines is 1. The summed E-state index contributed by atoms with van der Waals surface area (Å²) in [6.07, 6.45) is 3.03. The molecule has 0 unspecified atom stereocenters. The molecule has 3 N–H and O–H groups in total. The van der Waals surface area contributed by atoms with Gasteiger partial charge >= 0.3 is 0 Å².